The maximum atomic E-state index is 11.8. The third-order valence-electron chi connectivity index (χ3n) is 2.94. The first-order valence-electron chi connectivity index (χ1n) is 7.51. The van der Waals surface area contributed by atoms with Crippen LogP contribution < -0.4 is 10.6 Å². The van der Waals surface area contributed by atoms with Gasteiger partial charge in [0.2, 0.25) is 11.8 Å². The van der Waals surface area contributed by atoms with E-state index in [9.17, 15) is 9.59 Å². The minimum absolute atomic E-state index is 0.0441. The van der Waals surface area contributed by atoms with Crippen LogP contribution in [0, 0.1) is 0 Å². The average Bonchev–Trinajstić information content (AvgIpc) is 3.07. The molecule has 2 N–H and O–H groups in total. The van der Waals surface area contributed by atoms with E-state index in [1.807, 2.05) is 36.0 Å². The maximum Gasteiger partial charge on any atom is 0.230 e. The van der Waals surface area contributed by atoms with Crippen LogP contribution in [0.1, 0.15) is 11.8 Å². The van der Waals surface area contributed by atoms with Gasteiger partial charge in [0, 0.05) is 40.4 Å². The van der Waals surface area contributed by atoms with Crippen molar-refractivity contribution in [3.8, 4) is 0 Å². The Balaban J connectivity index is 1.58. The quantitative estimate of drug-likeness (QED) is 0.512. The van der Waals surface area contributed by atoms with E-state index in [1.54, 1.807) is 11.3 Å². The van der Waals surface area contributed by atoms with Gasteiger partial charge in [-0.25, -0.2) is 0 Å². The molecule has 0 radical (unpaired) electrons. The molecule has 0 unspecified atom stereocenters. The smallest absolute Gasteiger partial charge is 0.230 e. The molecule has 24 heavy (non-hydrogen) atoms. The van der Waals surface area contributed by atoms with Gasteiger partial charge in [-0.2, -0.15) is 11.8 Å². The molecule has 1 aromatic carbocycles. The Hall–Kier alpha value is -1.44. The second-order valence-corrected chi connectivity index (χ2v) is 8.16. The number of carbonyl (C=O) groups is 2. The van der Waals surface area contributed by atoms with Crippen molar-refractivity contribution in [1.29, 1.82) is 0 Å². The highest BCUT2D eigenvalue weighted by molar-refractivity contribution is 8.00. The van der Waals surface area contributed by atoms with Crippen LogP contribution in [0.4, 0.5) is 5.69 Å². The van der Waals surface area contributed by atoms with Gasteiger partial charge in [-0.1, -0.05) is 6.07 Å². The van der Waals surface area contributed by atoms with Crippen LogP contribution in [0.3, 0.4) is 0 Å². The van der Waals surface area contributed by atoms with Gasteiger partial charge in [0.05, 0.1) is 5.75 Å². The molecule has 0 fully saturated rings. The van der Waals surface area contributed by atoms with Crippen LogP contribution in [0.15, 0.2) is 46.7 Å². The first kappa shape index (κ1) is 18.9. The Morgan fingerprint density at radius 3 is 2.62 bits per heavy atom. The summed E-state index contributed by atoms with van der Waals surface area (Å²) in [6, 6.07) is 11.7. The number of amides is 2. The molecular formula is C17H20N2O2S3. The van der Waals surface area contributed by atoms with E-state index in [2.05, 4.69) is 28.1 Å². The number of nitrogens with one attached hydrogen (secondary N) is 2. The molecule has 2 rings (SSSR count). The van der Waals surface area contributed by atoms with Gasteiger partial charge in [-0.3, -0.25) is 9.59 Å². The summed E-state index contributed by atoms with van der Waals surface area (Å²) in [5, 5.41) is 7.73. The van der Waals surface area contributed by atoms with E-state index >= 15 is 0 Å². The zero-order valence-corrected chi connectivity index (χ0v) is 15.9. The monoisotopic (exact) mass is 380 g/mol. The first-order chi connectivity index (χ1) is 11.6. The van der Waals surface area contributed by atoms with Crippen LogP contribution in [-0.4, -0.2) is 29.9 Å². The molecule has 0 atom stereocenters. The van der Waals surface area contributed by atoms with Crippen LogP contribution in [-0.2, 0) is 15.3 Å². The number of thioether (sulfide) groups is 2. The Morgan fingerprint density at radius 2 is 1.96 bits per heavy atom. The summed E-state index contributed by atoms with van der Waals surface area (Å²) in [5.41, 5.74) is 0.763. The fraction of sp³-hybridized carbons (Fsp3) is 0.294. The van der Waals surface area contributed by atoms with Crippen molar-refractivity contribution in [2.24, 2.45) is 0 Å². The van der Waals surface area contributed by atoms with Crippen LogP contribution in [0.5, 0.6) is 0 Å². The summed E-state index contributed by atoms with van der Waals surface area (Å²) in [6.45, 7) is 2.17. The summed E-state index contributed by atoms with van der Waals surface area (Å²) in [4.78, 5) is 25.2. The van der Waals surface area contributed by atoms with E-state index in [1.165, 1.54) is 23.6 Å². The lowest BCUT2D eigenvalue weighted by Crippen LogP contribution is -2.27. The second kappa shape index (κ2) is 10.4. The topological polar surface area (TPSA) is 58.2 Å². The molecule has 1 heterocycles. The molecule has 2 amide bonds. The van der Waals surface area contributed by atoms with Crippen molar-refractivity contribution in [3.05, 3.63) is 46.7 Å². The molecule has 0 saturated carbocycles. The lowest BCUT2D eigenvalue weighted by Gasteiger charge is -2.06. The second-order valence-electron chi connectivity index (χ2n) is 4.98. The zero-order chi connectivity index (χ0) is 17.2. The van der Waals surface area contributed by atoms with Gasteiger partial charge < -0.3 is 10.6 Å². The number of thiophene rings is 1. The van der Waals surface area contributed by atoms with Gasteiger partial charge in [0.25, 0.3) is 0 Å². The molecule has 0 aliphatic carbocycles. The standard InChI is InChI=1S/C17H20N2O2S3/c1-13(20)19-14-4-6-15(7-5-14)24-12-17(21)18-8-10-22-11-16-3-2-9-23-16/h2-7,9H,8,10-12H2,1H3,(H,18,21)(H,19,20). The summed E-state index contributed by atoms with van der Waals surface area (Å²) in [5.74, 6) is 2.27. The highest BCUT2D eigenvalue weighted by atomic mass is 32.2. The fourth-order valence-electron chi connectivity index (χ4n) is 1.87. The van der Waals surface area contributed by atoms with Crippen molar-refractivity contribution in [2.45, 2.75) is 17.6 Å². The summed E-state index contributed by atoms with van der Waals surface area (Å²) in [6.07, 6.45) is 0. The molecule has 0 spiro atoms. The van der Waals surface area contributed by atoms with E-state index in [0.29, 0.717) is 12.3 Å². The highest BCUT2D eigenvalue weighted by Gasteiger charge is 2.03. The van der Waals surface area contributed by atoms with Gasteiger partial charge in [0.15, 0.2) is 0 Å². The van der Waals surface area contributed by atoms with Gasteiger partial charge in [-0.15, -0.1) is 23.1 Å². The molecule has 1 aromatic heterocycles. The van der Waals surface area contributed by atoms with Gasteiger partial charge in [0.1, 0.15) is 0 Å². The number of anilines is 1. The normalized spacial score (nSPS) is 10.4. The Morgan fingerprint density at radius 1 is 1.17 bits per heavy atom. The molecular weight excluding hydrogens is 360 g/mol. The van der Waals surface area contributed by atoms with E-state index in [-0.39, 0.29) is 11.8 Å². The number of rotatable bonds is 9. The Kier molecular flexibility index (Phi) is 8.21. The number of benzene rings is 1. The van der Waals surface area contributed by atoms with Gasteiger partial charge >= 0.3 is 0 Å². The third-order valence-corrected chi connectivity index (χ3v) is 6.02. The van der Waals surface area contributed by atoms with Crippen LogP contribution in [0.25, 0.3) is 0 Å². The molecule has 0 saturated heterocycles. The Bertz CT molecular complexity index is 642. The number of carbonyl (C=O) groups excluding carboxylic acids is 2. The largest absolute Gasteiger partial charge is 0.355 e. The van der Waals surface area contributed by atoms with Crippen molar-refractivity contribution in [3.63, 3.8) is 0 Å². The van der Waals surface area contributed by atoms with Crippen LogP contribution in [0.2, 0.25) is 0 Å². The van der Waals surface area contributed by atoms with Gasteiger partial charge in [-0.05, 0) is 35.7 Å². The van der Waals surface area contributed by atoms with E-state index < -0.39 is 0 Å². The molecule has 0 aliphatic rings. The molecule has 0 aliphatic heterocycles. The molecule has 2 aromatic rings. The lowest BCUT2D eigenvalue weighted by molar-refractivity contribution is -0.118. The highest BCUT2D eigenvalue weighted by Crippen LogP contribution is 2.20. The average molecular weight is 381 g/mol. The fourth-order valence-corrected chi connectivity index (χ4v) is 4.30. The van der Waals surface area contributed by atoms with E-state index in [0.717, 1.165) is 22.1 Å². The molecule has 128 valence electrons. The van der Waals surface area contributed by atoms with Crippen LogP contribution >= 0.6 is 34.9 Å². The minimum atomic E-state index is -0.0910. The Labute approximate surface area is 154 Å². The van der Waals surface area contributed by atoms with Crippen molar-refractivity contribution in [2.75, 3.05) is 23.4 Å². The zero-order valence-electron chi connectivity index (χ0n) is 13.4. The first-order valence-corrected chi connectivity index (χ1v) is 10.5. The van der Waals surface area contributed by atoms with Crippen molar-refractivity contribution in [1.82, 2.24) is 5.32 Å². The van der Waals surface area contributed by atoms with Crippen molar-refractivity contribution >= 4 is 52.4 Å². The number of hydrogen-bond acceptors (Lipinski definition) is 5. The SMILES string of the molecule is CC(=O)Nc1ccc(SCC(=O)NCCSCc2cccs2)cc1. The molecule has 7 heteroatoms. The number of hydrogen-bond donors (Lipinski definition) is 2. The summed E-state index contributed by atoms with van der Waals surface area (Å²) >= 11 is 5.08. The summed E-state index contributed by atoms with van der Waals surface area (Å²) < 4.78 is 0. The van der Waals surface area contributed by atoms with Crippen molar-refractivity contribution < 1.29 is 9.59 Å². The predicted octanol–water partition coefficient (Wildman–Crippen LogP) is 3.85. The summed E-state index contributed by atoms with van der Waals surface area (Å²) in [7, 11) is 0. The lowest BCUT2D eigenvalue weighted by atomic mass is 10.3. The minimum Gasteiger partial charge on any atom is -0.355 e. The third kappa shape index (κ3) is 7.42. The maximum absolute atomic E-state index is 11.8. The molecule has 4 nitrogen and oxygen atoms in total. The predicted molar refractivity (Wildman–Crippen MR) is 105 cm³/mol. The molecule has 0 bridgehead atoms. The van der Waals surface area contributed by atoms with E-state index in [4.69, 9.17) is 0 Å².